The van der Waals surface area contributed by atoms with Crippen molar-refractivity contribution in [3.8, 4) is 0 Å². The molecule has 1 unspecified atom stereocenters. The molecule has 3 rings (SSSR count). The van der Waals surface area contributed by atoms with Crippen molar-refractivity contribution in [3.05, 3.63) is 76.8 Å². The SMILES string of the molecule is O=C(Cc1cccc2ccccc12)NC(NC(=S)Nc1ccccc1Br)C(Cl)(Cl)Cl. The normalized spacial score (nSPS) is 12.3. The van der Waals surface area contributed by atoms with Gasteiger partial charge in [0.1, 0.15) is 6.17 Å². The van der Waals surface area contributed by atoms with E-state index >= 15 is 0 Å². The van der Waals surface area contributed by atoms with Crippen LogP contribution in [-0.2, 0) is 11.2 Å². The lowest BCUT2D eigenvalue weighted by Crippen LogP contribution is -2.56. The maximum atomic E-state index is 12.7. The topological polar surface area (TPSA) is 53.2 Å². The molecule has 0 saturated carbocycles. The van der Waals surface area contributed by atoms with Crippen molar-refractivity contribution in [2.45, 2.75) is 16.4 Å². The van der Waals surface area contributed by atoms with E-state index in [9.17, 15) is 4.79 Å². The molecule has 1 atom stereocenters. The van der Waals surface area contributed by atoms with Crippen LogP contribution in [0, 0.1) is 0 Å². The van der Waals surface area contributed by atoms with Gasteiger partial charge in [0.15, 0.2) is 5.11 Å². The Bertz CT molecular complexity index is 1070. The zero-order chi connectivity index (χ0) is 21.7. The summed E-state index contributed by atoms with van der Waals surface area (Å²) < 4.78 is -1.01. The third-order valence-corrected chi connectivity index (χ3v) is 5.83. The summed E-state index contributed by atoms with van der Waals surface area (Å²) in [6.45, 7) is 0. The first-order valence-electron chi connectivity index (χ1n) is 8.89. The second kappa shape index (κ2) is 10.2. The summed E-state index contributed by atoms with van der Waals surface area (Å²) in [5, 5.41) is 10.8. The molecule has 4 nitrogen and oxygen atoms in total. The summed E-state index contributed by atoms with van der Waals surface area (Å²) in [5.41, 5.74) is 1.61. The molecule has 0 fully saturated rings. The van der Waals surface area contributed by atoms with Gasteiger partial charge in [-0.3, -0.25) is 4.79 Å². The summed E-state index contributed by atoms with van der Waals surface area (Å²) in [6, 6.07) is 21.1. The number of hydrogen-bond donors (Lipinski definition) is 3. The van der Waals surface area contributed by atoms with E-state index in [1.165, 1.54) is 0 Å². The van der Waals surface area contributed by atoms with Crippen LogP contribution in [0.4, 0.5) is 5.69 Å². The van der Waals surface area contributed by atoms with Crippen molar-refractivity contribution >= 4 is 90.4 Å². The summed E-state index contributed by atoms with van der Waals surface area (Å²) in [7, 11) is 0. The van der Waals surface area contributed by atoms with E-state index < -0.39 is 9.96 Å². The number of hydrogen-bond acceptors (Lipinski definition) is 2. The number of carbonyl (C=O) groups excluding carboxylic acids is 1. The van der Waals surface area contributed by atoms with Gasteiger partial charge in [0, 0.05) is 4.47 Å². The van der Waals surface area contributed by atoms with E-state index in [-0.39, 0.29) is 17.4 Å². The highest BCUT2D eigenvalue weighted by molar-refractivity contribution is 9.10. The predicted molar refractivity (Wildman–Crippen MR) is 133 cm³/mol. The Kier molecular flexibility index (Phi) is 7.82. The lowest BCUT2D eigenvalue weighted by Gasteiger charge is -2.28. The minimum Gasteiger partial charge on any atom is -0.339 e. The van der Waals surface area contributed by atoms with E-state index in [4.69, 9.17) is 47.0 Å². The molecular weight excluding hydrogens is 529 g/mol. The van der Waals surface area contributed by atoms with Crippen molar-refractivity contribution in [1.82, 2.24) is 10.6 Å². The maximum absolute atomic E-state index is 12.7. The Labute approximate surface area is 203 Å². The van der Waals surface area contributed by atoms with Crippen LogP contribution in [0.1, 0.15) is 5.56 Å². The number of fused-ring (bicyclic) bond motifs is 1. The number of thiocarbonyl (C=S) groups is 1. The van der Waals surface area contributed by atoms with Crippen molar-refractivity contribution in [1.29, 1.82) is 0 Å². The number of halogens is 4. The largest absolute Gasteiger partial charge is 0.339 e. The Balaban J connectivity index is 1.69. The van der Waals surface area contributed by atoms with Gasteiger partial charge in [-0.2, -0.15) is 0 Å². The van der Waals surface area contributed by atoms with Gasteiger partial charge in [-0.15, -0.1) is 0 Å². The summed E-state index contributed by atoms with van der Waals surface area (Å²) >= 11 is 27.0. The zero-order valence-corrected chi connectivity index (χ0v) is 20.1. The van der Waals surface area contributed by atoms with Gasteiger partial charge in [-0.25, -0.2) is 0 Å². The summed E-state index contributed by atoms with van der Waals surface area (Å²) in [5.74, 6) is -0.307. The van der Waals surface area contributed by atoms with Gasteiger partial charge >= 0.3 is 0 Å². The number of rotatable bonds is 5. The first-order chi connectivity index (χ1) is 14.2. The van der Waals surface area contributed by atoms with E-state index in [1.54, 1.807) is 0 Å². The van der Waals surface area contributed by atoms with Crippen LogP contribution in [0.2, 0.25) is 0 Å². The zero-order valence-electron chi connectivity index (χ0n) is 15.5. The number of alkyl halides is 3. The number of nitrogens with one attached hydrogen (secondary N) is 3. The number of benzene rings is 3. The van der Waals surface area contributed by atoms with Gasteiger partial charge in [-0.1, -0.05) is 89.4 Å². The molecule has 0 saturated heterocycles. The molecule has 0 aliphatic heterocycles. The highest BCUT2D eigenvalue weighted by atomic mass is 79.9. The highest BCUT2D eigenvalue weighted by Gasteiger charge is 2.34. The molecule has 3 aromatic carbocycles. The lowest BCUT2D eigenvalue weighted by atomic mass is 10.0. The average molecular weight is 546 g/mol. The second-order valence-electron chi connectivity index (χ2n) is 6.44. The van der Waals surface area contributed by atoms with Gasteiger partial charge in [0.2, 0.25) is 9.70 Å². The van der Waals surface area contributed by atoms with Crippen molar-refractivity contribution in [3.63, 3.8) is 0 Å². The van der Waals surface area contributed by atoms with Crippen molar-refractivity contribution < 1.29 is 4.79 Å². The van der Waals surface area contributed by atoms with E-state index in [2.05, 4.69) is 31.9 Å². The smallest absolute Gasteiger partial charge is 0.228 e. The maximum Gasteiger partial charge on any atom is 0.228 e. The fourth-order valence-corrected chi connectivity index (χ4v) is 3.82. The monoisotopic (exact) mass is 543 g/mol. The fourth-order valence-electron chi connectivity index (χ4n) is 2.88. The quantitative estimate of drug-likeness (QED) is 0.211. The van der Waals surface area contributed by atoms with Gasteiger partial charge in [-0.05, 0) is 56.6 Å². The first kappa shape index (κ1) is 23.1. The molecule has 0 aromatic heterocycles. The molecule has 0 aliphatic carbocycles. The van der Waals surface area contributed by atoms with Crippen LogP contribution in [0.15, 0.2) is 71.2 Å². The molecule has 0 heterocycles. The number of para-hydroxylation sites is 1. The van der Waals surface area contributed by atoms with Crippen LogP contribution < -0.4 is 16.0 Å². The van der Waals surface area contributed by atoms with Crippen LogP contribution in [0.5, 0.6) is 0 Å². The molecule has 0 bridgehead atoms. The third-order valence-electron chi connectivity index (χ3n) is 4.26. The second-order valence-corrected chi connectivity index (χ2v) is 10.1. The van der Waals surface area contributed by atoms with Crippen molar-refractivity contribution in [2.75, 3.05) is 5.32 Å². The standard InChI is InChI=1S/C21H17BrCl3N3OS/c22-16-10-3-4-11-17(16)26-20(30)28-19(21(23,24)25)27-18(29)12-14-8-5-7-13-6-1-2-9-15(13)14/h1-11,19H,12H2,(H,27,29)(H2,26,28,30). The molecule has 3 aromatic rings. The molecule has 0 aliphatic rings. The number of anilines is 1. The summed E-state index contributed by atoms with van der Waals surface area (Å²) in [4.78, 5) is 12.7. The van der Waals surface area contributed by atoms with Crippen LogP contribution in [0.3, 0.4) is 0 Å². The molecule has 156 valence electrons. The predicted octanol–water partition coefficient (Wildman–Crippen LogP) is 5.94. The molecule has 9 heteroatoms. The Morgan fingerprint density at radius 3 is 2.37 bits per heavy atom. The fraction of sp³-hybridized carbons (Fsp3) is 0.143. The van der Waals surface area contributed by atoms with Gasteiger partial charge < -0.3 is 16.0 Å². The molecule has 0 radical (unpaired) electrons. The minimum absolute atomic E-state index is 0.130. The lowest BCUT2D eigenvalue weighted by molar-refractivity contribution is -0.121. The van der Waals surface area contributed by atoms with E-state index in [0.29, 0.717) is 0 Å². The van der Waals surface area contributed by atoms with Crippen molar-refractivity contribution in [2.24, 2.45) is 0 Å². The van der Waals surface area contributed by atoms with Crippen LogP contribution in [-0.4, -0.2) is 21.0 Å². The Morgan fingerprint density at radius 2 is 1.63 bits per heavy atom. The Hall–Kier alpha value is -1.57. The van der Waals surface area contributed by atoms with Gasteiger partial charge in [0.05, 0.1) is 12.1 Å². The molecule has 1 amide bonds. The van der Waals surface area contributed by atoms with Gasteiger partial charge in [0.25, 0.3) is 0 Å². The highest BCUT2D eigenvalue weighted by Crippen LogP contribution is 2.29. The van der Waals surface area contributed by atoms with Crippen LogP contribution in [0.25, 0.3) is 10.8 Å². The molecule has 0 spiro atoms. The Morgan fingerprint density at radius 1 is 0.967 bits per heavy atom. The molecule has 30 heavy (non-hydrogen) atoms. The third kappa shape index (κ3) is 6.22. The molecule has 3 N–H and O–H groups in total. The van der Waals surface area contributed by atoms with E-state index in [1.807, 2.05) is 66.7 Å². The average Bonchev–Trinajstić information content (AvgIpc) is 2.69. The minimum atomic E-state index is -1.83. The number of carbonyl (C=O) groups is 1. The van der Waals surface area contributed by atoms with Crippen LogP contribution >= 0.6 is 63.0 Å². The first-order valence-corrected chi connectivity index (χ1v) is 11.2. The molecular formula is C21H17BrCl3N3OS. The summed E-state index contributed by atoms with van der Waals surface area (Å²) in [6.07, 6.45) is -0.905. The number of amides is 1. The van der Waals surface area contributed by atoms with E-state index in [0.717, 1.165) is 26.5 Å².